The van der Waals surface area contributed by atoms with Crippen LogP contribution in [-0.4, -0.2) is 39.7 Å². The molecule has 2 aromatic rings. The van der Waals surface area contributed by atoms with Gasteiger partial charge < -0.3 is 9.73 Å². The van der Waals surface area contributed by atoms with E-state index < -0.39 is 5.82 Å². The Morgan fingerprint density at radius 2 is 2.08 bits per heavy atom. The minimum absolute atomic E-state index is 0.102. The Morgan fingerprint density at radius 3 is 2.71 bits per heavy atom. The number of amides is 1. The van der Waals surface area contributed by atoms with Gasteiger partial charge in [0.25, 0.3) is 4.84 Å². The van der Waals surface area contributed by atoms with E-state index in [2.05, 4.69) is 10.4 Å². The maximum atomic E-state index is 13.8. The first-order chi connectivity index (χ1) is 11.2. The van der Waals surface area contributed by atoms with Crippen LogP contribution in [0, 0.1) is 10.7 Å². The molecule has 1 aromatic carbocycles. The lowest BCUT2D eigenvalue weighted by molar-refractivity contribution is -0.123. The van der Waals surface area contributed by atoms with E-state index in [0.717, 1.165) is 0 Å². The van der Waals surface area contributed by atoms with Crippen molar-refractivity contribution in [1.29, 1.82) is 0 Å². The first-order valence-electron chi connectivity index (χ1n) is 7.48. The predicted octanol–water partition coefficient (Wildman–Crippen LogP) is 2.82. The highest BCUT2D eigenvalue weighted by Crippen LogP contribution is 2.21. The quantitative estimate of drug-likeness (QED) is 0.839. The van der Waals surface area contributed by atoms with Gasteiger partial charge in [0.15, 0.2) is 0 Å². The van der Waals surface area contributed by atoms with Crippen molar-refractivity contribution in [3.63, 3.8) is 0 Å². The molecule has 24 heavy (non-hydrogen) atoms. The molecule has 6 nitrogen and oxygen atoms in total. The van der Waals surface area contributed by atoms with Gasteiger partial charge in [0.2, 0.25) is 11.8 Å². The van der Waals surface area contributed by atoms with Crippen molar-refractivity contribution in [2.45, 2.75) is 33.0 Å². The van der Waals surface area contributed by atoms with E-state index in [4.69, 9.17) is 16.6 Å². The van der Waals surface area contributed by atoms with E-state index in [1.807, 2.05) is 20.8 Å². The van der Waals surface area contributed by atoms with Crippen molar-refractivity contribution in [3.05, 3.63) is 34.9 Å². The second kappa shape index (κ2) is 7.23. The fraction of sp³-hybridized carbons (Fsp3) is 0.438. The molecule has 0 saturated heterocycles. The average Bonchev–Trinajstić information content (AvgIpc) is 2.77. The van der Waals surface area contributed by atoms with Crippen molar-refractivity contribution in [3.8, 4) is 11.5 Å². The fourth-order valence-electron chi connectivity index (χ4n) is 2.12. The van der Waals surface area contributed by atoms with Crippen LogP contribution in [0.3, 0.4) is 0 Å². The third kappa shape index (κ3) is 4.97. The first kappa shape index (κ1) is 18.3. The molecule has 0 aliphatic carbocycles. The molecule has 1 aromatic heterocycles. The maximum absolute atomic E-state index is 13.8. The largest absolute Gasteiger partial charge is 0.409 e. The normalized spacial score (nSPS) is 11.8. The third-order valence-electron chi connectivity index (χ3n) is 3.01. The molecule has 0 fully saturated rings. The first-order valence-corrected chi connectivity index (χ1v) is 7.89. The summed E-state index contributed by atoms with van der Waals surface area (Å²) in [6.45, 7) is 6.19. The molecule has 1 amide bonds. The summed E-state index contributed by atoms with van der Waals surface area (Å²) in [5.74, 6) is -0.418. The zero-order valence-electron chi connectivity index (χ0n) is 14.2. The SMILES string of the molecule is CN(CC(=O)NC(C)(C)C)Cn1nc(-c2ccccc2F)oc1=S. The standard InChI is InChI=1S/C16H21FN4O2S/c1-16(2,3)18-13(22)9-20(4)10-21-15(24)23-14(19-21)11-7-5-6-8-12(11)17/h5-8H,9-10H2,1-4H3,(H,18,22). The molecule has 0 unspecified atom stereocenters. The van der Waals surface area contributed by atoms with Crippen molar-refractivity contribution < 1.29 is 13.6 Å². The van der Waals surface area contributed by atoms with Gasteiger partial charge in [0, 0.05) is 5.54 Å². The molecule has 0 spiro atoms. The van der Waals surface area contributed by atoms with Crippen molar-refractivity contribution in [2.75, 3.05) is 13.6 Å². The van der Waals surface area contributed by atoms with E-state index in [1.54, 1.807) is 30.1 Å². The molecular formula is C16H21FN4O2S. The van der Waals surface area contributed by atoms with Gasteiger partial charge in [-0.15, -0.1) is 5.10 Å². The predicted molar refractivity (Wildman–Crippen MR) is 91.2 cm³/mol. The van der Waals surface area contributed by atoms with E-state index in [1.165, 1.54) is 10.7 Å². The maximum Gasteiger partial charge on any atom is 0.288 e. The summed E-state index contributed by atoms with van der Waals surface area (Å²) in [5.41, 5.74) is -0.0457. The molecule has 2 rings (SSSR count). The molecule has 1 N–H and O–H groups in total. The molecular weight excluding hydrogens is 331 g/mol. The van der Waals surface area contributed by atoms with Gasteiger partial charge in [-0.05, 0) is 52.2 Å². The molecule has 0 bridgehead atoms. The number of nitrogens with zero attached hydrogens (tertiary/aromatic N) is 3. The monoisotopic (exact) mass is 352 g/mol. The van der Waals surface area contributed by atoms with Crippen molar-refractivity contribution in [1.82, 2.24) is 20.0 Å². The van der Waals surface area contributed by atoms with Crippen molar-refractivity contribution in [2.24, 2.45) is 0 Å². The number of halogens is 1. The van der Waals surface area contributed by atoms with Gasteiger partial charge in [-0.3, -0.25) is 9.69 Å². The number of benzene rings is 1. The lowest BCUT2D eigenvalue weighted by atomic mass is 10.1. The van der Waals surface area contributed by atoms with Crippen molar-refractivity contribution >= 4 is 18.1 Å². The smallest absolute Gasteiger partial charge is 0.288 e. The summed E-state index contributed by atoms with van der Waals surface area (Å²) in [4.78, 5) is 13.8. The lowest BCUT2D eigenvalue weighted by Gasteiger charge is -2.23. The third-order valence-corrected chi connectivity index (χ3v) is 3.31. The van der Waals surface area contributed by atoms with E-state index in [-0.39, 0.29) is 41.0 Å². The average molecular weight is 352 g/mol. The minimum Gasteiger partial charge on any atom is -0.409 e. The number of carbonyl (C=O) groups is 1. The van der Waals surface area contributed by atoms with Gasteiger partial charge in [0.1, 0.15) is 5.82 Å². The molecule has 0 radical (unpaired) electrons. The summed E-state index contributed by atoms with van der Waals surface area (Å²) in [6.07, 6.45) is 0. The number of hydrogen-bond donors (Lipinski definition) is 1. The molecule has 0 aliphatic rings. The molecule has 0 saturated carbocycles. The number of likely N-dealkylation sites (N-methyl/N-ethyl adjacent to an activating group) is 1. The number of hydrogen-bond acceptors (Lipinski definition) is 5. The van der Waals surface area contributed by atoms with E-state index >= 15 is 0 Å². The Morgan fingerprint density at radius 1 is 1.42 bits per heavy atom. The Labute approximate surface area is 145 Å². The van der Waals surface area contributed by atoms with Crippen LogP contribution in [0.25, 0.3) is 11.5 Å². The molecule has 130 valence electrons. The van der Waals surface area contributed by atoms with Crippen LogP contribution in [0.5, 0.6) is 0 Å². The van der Waals surface area contributed by atoms with Gasteiger partial charge in [-0.25, -0.2) is 9.07 Å². The molecule has 1 heterocycles. The van der Waals surface area contributed by atoms with E-state index in [9.17, 15) is 9.18 Å². The lowest BCUT2D eigenvalue weighted by Crippen LogP contribution is -2.45. The Balaban J connectivity index is 2.07. The van der Waals surface area contributed by atoms with Crippen LogP contribution in [0.15, 0.2) is 28.7 Å². The Bertz CT molecular complexity index is 779. The molecule has 0 atom stereocenters. The highest BCUT2D eigenvalue weighted by atomic mass is 32.1. The van der Waals surface area contributed by atoms with Gasteiger partial charge in [-0.1, -0.05) is 12.1 Å². The second-order valence-electron chi connectivity index (χ2n) is 6.61. The molecule has 8 heteroatoms. The topological polar surface area (TPSA) is 63.3 Å². The van der Waals surface area contributed by atoms with Crippen LogP contribution < -0.4 is 5.32 Å². The van der Waals surface area contributed by atoms with Crippen LogP contribution >= 0.6 is 12.2 Å². The highest BCUT2D eigenvalue weighted by molar-refractivity contribution is 7.71. The van der Waals surface area contributed by atoms with Gasteiger partial charge in [0.05, 0.1) is 18.8 Å². The number of carbonyl (C=O) groups excluding carboxylic acids is 1. The zero-order valence-corrected chi connectivity index (χ0v) is 15.0. The van der Waals surface area contributed by atoms with Crippen LogP contribution in [0.1, 0.15) is 20.8 Å². The summed E-state index contributed by atoms with van der Waals surface area (Å²) < 4.78 is 20.6. The fourth-order valence-corrected chi connectivity index (χ4v) is 2.30. The molecule has 0 aliphatic heterocycles. The Hall–Kier alpha value is -2.06. The number of rotatable bonds is 5. The summed E-state index contributed by atoms with van der Waals surface area (Å²) >= 11 is 5.12. The summed E-state index contributed by atoms with van der Waals surface area (Å²) in [6, 6.07) is 6.18. The van der Waals surface area contributed by atoms with Crippen LogP contribution in [0.2, 0.25) is 0 Å². The number of nitrogens with one attached hydrogen (secondary N) is 1. The van der Waals surface area contributed by atoms with Crippen LogP contribution in [0.4, 0.5) is 4.39 Å². The summed E-state index contributed by atoms with van der Waals surface area (Å²) in [5, 5.41) is 7.07. The second-order valence-corrected chi connectivity index (χ2v) is 6.96. The number of aromatic nitrogens is 2. The minimum atomic E-state index is -0.432. The van der Waals surface area contributed by atoms with Gasteiger partial charge >= 0.3 is 0 Å². The van der Waals surface area contributed by atoms with Gasteiger partial charge in [-0.2, -0.15) is 0 Å². The Kier molecular flexibility index (Phi) is 5.51. The summed E-state index contributed by atoms with van der Waals surface area (Å²) in [7, 11) is 1.77. The van der Waals surface area contributed by atoms with Crippen LogP contribution in [-0.2, 0) is 11.5 Å². The highest BCUT2D eigenvalue weighted by Gasteiger charge is 2.17. The van der Waals surface area contributed by atoms with E-state index in [0.29, 0.717) is 0 Å². The zero-order chi connectivity index (χ0) is 17.9.